The largest absolute Gasteiger partial charge is 0.456 e. The summed E-state index contributed by atoms with van der Waals surface area (Å²) in [6.07, 6.45) is 0. The first kappa shape index (κ1) is 17.9. The molecule has 2 heterocycles. The highest BCUT2D eigenvalue weighted by molar-refractivity contribution is 7.80. The van der Waals surface area contributed by atoms with Gasteiger partial charge in [-0.3, -0.25) is 4.79 Å². The number of para-hydroxylation sites is 1. The lowest BCUT2D eigenvalue weighted by Gasteiger charge is -2.37. The Morgan fingerprint density at radius 1 is 0.931 bits per heavy atom. The maximum atomic E-state index is 14.0. The predicted octanol–water partition coefficient (Wildman–Crippen LogP) is 4.25. The summed E-state index contributed by atoms with van der Waals surface area (Å²) in [4.78, 5) is 15.9. The maximum absolute atomic E-state index is 14.0. The molecule has 1 fully saturated rings. The lowest BCUT2D eigenvalue weighted by molar-refractivity contribution is -0.130. The second-order valence-corrected chi connectivity index (χ2v) is 7.93. The number of hydrogen-bond donors (Lipinski definition) is 1. The van der Waals surface area contributed by atoms with Crippen LogP contribution in [0.25, 0.3) is 0 Å². The van der Waals surface area contributed by atoms with Crippen molar-refractivity contribution in [1.29, 1.82) is 0 Å². The lowest BCUT2D eigenvalue weighted by atomic mass is 9.73. The fraction of sp³-hybridized carbons (Fsp3) is 0.167. The molecule has 0 saturated carbocycles. The molecule has 5 heteroatoms. The van der Waals surface area contributed by atoms with E-state index >= 15 is 0 Å². The van der Waals surface area contributed by atoms with Crippen molar-refractivity contribution in [2.45, 2.75) is 24.6 Å². The molecule has 0 radical (unpaired) electrons. The van der Waals surface area contributed by atoms with Gasteiger partial charge in [0.1, 0.15) is 0 Å². The van der Waals surface area contributed by atoms with Crippen molar-refractivity contribution in [3.05, 3.63) is 102 Å². The minimum absolute atomic E-state index is 0.0613. The first-order valence-electron chi connectivity index (χ1n) is 9.58. The molecule has 4 nitrogen and oxygen atoms in total. The molecule has 144 valence electrons. The molecule has 2 aliphatic rings. The molecule has 2 atom stereocenters. The first-order valence-corrected chi connectivity index (χ1v) is 9.99. The van der Waals surface area contributed by atoms with E-state index in [2.05, 4.69) is 5.32 Å². The topological polar surface area (TPSA) is 41.6 Å². The minimum Gasteiger partial charge on any atom is -0.456 e. The second kappa shape index (κ2) is 6.42. The van der Waals surface area contributed by atoms with Crippen LogP contribution < -0.4 is 10.2 Å². The van der Waals surface area contributed by atoms with Crippen molar-refractivity contribution in [1.82, 2.24) is 5.32 Å². The fourth-order valence-corrected chi connectivity index (χ4v) is 4.87. The molecule has 29 heavy (non-hydrogen) atoms. The zero-order valence-corrected chi connectivity index (χ0v) is 16.8. The Hall–Kier alpha value is -3.18. The molecule has 1 amide bonds. The van der Waals surface area contributed by atoms with Crippen LogP contribution in [-0.2, 0) is 27.2 Å². The van der Waals surface area contributed by atoms with Crippen LogP contribution in [0.15, 0.2) is 84.9 Å². The van der Waals surface area contributed by atoms with Crippen LogP contribution in [-0.4, -0.2) is 11.1 Å². The van der Waals surface area contributed by atoms with Gasteiger partial charge in [0.05, 0.1) is 12.2 Å². The lowest BCUT2D eigenvalue weighted by Crippen LogP contribution is -2.57. The van der Waals surface area contributed by atoms with E-state index in [4.69, 9.17) is 17.0 Å². The van der Waals surface area contributed by atoms with Gasteiger partial charge < -0.3 is 15.0 Å². The normalized spacial score (nSPS) is 25.1. The zero-order valence-electron chi connectivity index (χ0n) is 16.0. The van der Waals surface area contributed by atoms with E-state index in [1.54, 1.807) is 0 Å². The van der Waals surface area contributed by atoms with E-state index in [-0.39, 0.29) is 11.1 Å². The van der Waals surface area contributed by atoms with Crippen molar-refractivity contribution in [3.8, 4) is 0 Å². The number of benzene rings is 3. The third kappa shape index (κ3) is 2.44. The summed E-state index contributed by atoms with van der Waals surface area (Å²) >= 11 is 5.42. The van der Waals surface area contributed by atoms with Gasteiger partial charge >= 0.3 is 0 Å². The number of ether oxygens (including phenoxy) is 1. The molecule has 1 N–H and O–H groups in total. The van der Waals surface area contributed by atoms with E-state index in [0.717, 1.165) is 22.4 Å². The van der Waals surface area contributed by atoms with Crippen molar-refractivity contribution >= 4 is 29.0 Å². The molecule has 1 saturated heterocycles. The Bertz CT molecular complexity index is 1100. The van der Waals surface area contributed by atoms with E-state index in [0.29, 0.717) is 6.54 Å². The van der Waals surface area contributed by atoms with Gasteiger partial charge in [0, 0.05) is 5.56 Å². The van der Waals surface area contributed by atoms with Gasteiger partial charge in [-0.15, -0.1) is 0 Å². The van der Waals surface area contributed by atoms with E-state index in [9.17, 15) is 4.79 Å². The van der Waals surface area contributed by atoms with Gasteiger partial charge in [0.2, 0.25) is 0 Å². The molecule has 2 aliphatic heterocycles. The number of fused-ring (bicyclic) bond motifs is 2. The van der Waals surface area contributed by atoms with E-state index < -0.39 is 11.1 Å². The molecule has 0 aromatic heterocycles. The molecule has 1 spiro atoms. The molecule has 0 bridgehead atoms. The highest BCUT2D eigenvalue weighted by Gasteiger charge is 2.68. The van der Waals surface area contributed by atoms with Crippen LogP contribution in [0.4, 0.5) is 5.69 Å². The summed E-state index contributed by atoms with van der Waals surface area (Å²) in [5, 5.41) is 3.50. The molecule has 0 unspecified atom stereocenters. The van der Waals surface area contributed by atoms with Crippen LogP contribution in [0.1, 0.15) is 23.6 Å². The Morgan fingerprint density at radius 3 is 2.28 bits per heavy atom. The van der Waals surface area contributed by atoms with Gasteiger partial charge in [-0.1, -0.05) is 78.9 Å². The molecular weight excluding hydrogens is 380 g/mol. The average Bonchev–Trinajstić information content (AvgIpc) is 3.17. The third-order valence-electron chi connectivity index (χ3n) is 5.97. The molecule has 3 aromatic rings. The molecule has 0 aliphatic carbocycles. The predicted molar refractivity (Wildman–Crippen MR) is 116 cm³/mol. The Morgan fingerprint density at radius 2 is 1.55 bits per heavy atom. The van der Waals surface area contributed by atoms with Crippen LogP contribution in [0.3, 0.4) is 0 Å². The Balaban J connectivity index is 1.70. The highest BCUT2D eigenvalue weighted by Crippen LogP contribution is 2.55. The molecular formula is C24H20N2O2S. The van der Waals surface area contributed by atoms with Gasteiger partial charge in [-0.05, 0) is 36.3 Å². The maximum Gasteiger partial charge on any atom is 0.262 e. The van der Waals surface area contributed by atoms with Crippen molar-refractivity contribution in [2.24, 2.45) is 0 Å². The Kier molecular flexibility index (Phi) is 3.96. The number of carbonyl (C=O) groups excluding carboxylic acids is 1. The van der Waals surface area contributed by atoms with Gasteiger partial charge in [-0.25, -0.2) is 0 Å². The number of carbonyl (C=O) groups is 1. The quantitative estimate of drug-likeness (QED) is 0.668. The summed E-state index contributed by atoms with van der Waals surface area (Å²) in [7, 11) is 0. The van der Waals surface area contributed by atoms with E-state index in [1.165, 1.54) is 0 Å². The number of nitrogens with one attached hydrogen (secondary N) is 1. The van der Waals surface area contributed by atoms with E-state index in [1.807, 2.05) is 96.8 Å². The van der Waals surface area contributed by atoms with Crippen LogP contribution in [0.5, 0.6) is 0 Å². The highest BCUT2D eigenvalue weighted by atomic mass is 32.1. The standard InChI is InChI=1S/C24H20N2O2S/c1-23(18-12-6-3-7-13-18)24(25-22(29)28-23)19-14-8-9-15-20(19)26(21(24)27)16-17-10-4-2-5-11-17/h2-15H,16H2,1H3,(H,25,29)/t23-,24+/m0/s1. The molecule has 5 rings (SSSR count). The van der Waals surface area contributed by atoms with Crippen molar-refractivity contribution in [3.63, 3.8) is 0 Å². The number of anilines is 1. The van der Waals surface area contributed by atoms with Gasteiger partial charge in [0.25, 0.3) is 11.1 Å². The summed E-state index contributed by atoms with van der Waals surface area (Å²) in [6, 6.07) is 27.7. The summed E-state index contributed by atoms with van der Waals surface area (Å²) in [6.45, 7) is 2.42. The van der Waals surface area contributed by atoms with Crippen LogP contribution in [0.2, 0.25) is 0 Å². The monoisotopic (exact) mass is 400 g/mol. The van der Waals surface area contributed by atoms with Crippen LogP contribution in [0, 0.1) is 0 Å². The summed E-state index contributed by atoms with van der Waals surface area (Å²) in [5.74, 6) is -0.0613. The number of amides is 1. The minimum atomic E-state index is -1.11. The van der Waals surface area contributed by atoms with Gasteiger partial charge in [0.15, 0.2) is 11.1 Å². The van der Waals surface area contributed by atoms with Crippen LogP contribution >= 0.6 is 12.2 Å². The van der Waals surface area contributed by atoms with Gasteiger partial charge in [-0.2, -0.15) is 0 Å². The van der Waals surface area contributed by atoms with Crippen molar-refractivity contribution < 1.29 is 9.53 Å². The molecule has 3 aromatic carbocycles. The average molecular weight is 401 g/mol. The summed E-state index contributed by atoms with van der Waals surface area (Å²) < 4.78 is 6.17. The SMILES string of the molecule is C[C@@]1(c2ccccc2)OC(=S)N[C@]12C(=O)N(Cc1ccccc1)c1ccccc12. The Labute approximate surface area is 175 Å². The number of hydrogen-bond acceptors (Lipinski definition) is 3. The van der Waals surface area contributed by atoms with Crippen molar-refractivity contribution in [2.75, 3.05) is 4.90 Å². The number of thiocarbonyl (C=S) groups is 1. The third-order valence-corrected chi connectivity index (χ3v) is 6.16. The first-order chi connectivity index (χ1) is 14.1. The summed E-state index contributed by atoms with van der Waals surface area (Å²) in [5.41, 5.74) is 1.64. The smallest absolute Gasteiger partial charge is 0.262 e. The second-order valence-electron chi connectivity index (χ2n) is 7.56. The fourth-order valence-electron chi connectivity index (χ4n) is 4.55. The zero-order chi connectivity index (χ0) is 20.1. The number of nitrogens with zero attached hydrogens (tertiary/aromatic N) is 1. The number of rotatable bonds is 3.